The minimum atomic E-state index is -3.56. The molecule has 44 heavy (non-hydrogen) atoms. The van der Waals surface area contributed by atoms with Crippen LogP contribution in [0.5, 0.6) is 5.75 Å². The van der Waals surface area contributed by atoms with E-state index in [-0.39, 0.29) is 54.8 Å². The molecule has 0 bridgehead atoms. The lowest BCUT2D eigenvalue weighted by atomic mass is 9.84. The number of sulfonamides is 2. The quantitative estimate of drug-likeness (QED) is 0.245. The van der Waals surface area contributed by atoms with Gasteiger partial charge in [-0.3, -0.25) is 14.2 Å². The van der Waals surface area contributed by atoms with Crippen LogP contribution in [0.15, 0.2) is 54.6 Å². The summed E-state index contributed by atoms with van der Waals surface area (Å²) in [5.41, 5.74) is 8.53. The molecule has 0 unspecified atom stereocenters. The molecule has 3 rings (SSSR count). The smallest absolute Gasteiger partial charge is 0.258 e. The molecule has 15 heteroatoms. The maximum atomic E-state index is 14.0. The van der Waals surface area contributed by atoms with Gasteiger partial charge in [0.25, 0.3) is 5.91 Å². The van der Waals surface area contributed by atoms with Gasteiger partial charge < -0.3 is 15.8 Å². The maximum Gasteiger partial charge on any atom is 0.258 e. The number of hydrogen-bond acceptors (Lipinski definition) is 7. The molecule has 0 aliphatic carbocycles. The fraction of sp³-hybridized carbons (Fsp3) is 0.345. The molecule has 3 aromatic rings. The van der Waals surface area contributed by atoms with Crippen LogP contribution in [-0.2, 0) is 43.3 Å². The summed E-state index contributed by atoms with van der Waals surface area (Å²) >= 11 is 0. The number of anilines is 2. The van der Waals surface area contributed by atoms with E-state index in [1.165, 1.54) is 35.9 Å². The summed E-state index contributed by atoms with van der Waals surface area (Å²) in [7, 11) is -7.00. The van der Waals surface area contributed by atoms with Crippen LogP contribution in [0.1, 0.15) is 43.0 Å². The Balaban J connectivity index is 0.000000543. The van der Waals surface area contributed by atoms with Crippen molar-refractivity contribution in [2.75, 3.05) is 28.6 Å². The van der Waals surface area contributed by atoms with Gasteiger partial charge >= 0.3 is 0 Å². The largest absolute Gasteiger partial charge is 0.484 e. The van der Waals surface area contributed by atoms with Gasteiger partial charge in [-0.25, -0.2) is 25.6 Å². The molecule has 0 aliphatic heterocycles. The number of halogens is 3. The third-order valence-electron chi connectivity index (χ3n) is 5.76. The molecule has 1 amide bonds. The number of rotatable bonds is 10. The highest BCUT2D eigenvalue weighted by Crippen LogP contribution is 2.28. The van der Waals surface area contributed by atoms with Gasteiger partial charge in [-0.2, -0.15) is 0 Å². The first-order chi connectivity index (χ1) is 19.8. The molecule has 0 aliphatic rings. The van der Waals surface area contributed by atoms with Crippen LogP contribution in [-0.4, -0.2) is 41.9 Å². The zero-order valence-electron chi connectivity index (χ0n) is 25.3. The van der Waals surface area contributed by atoms with Crippen LogP contribution in [0, 0.1) is 18.6 Å². The van der Waals surface area contributed by atoms with Crippen LogP contribution in [0.2, 0.25) is 0 Å². The monoisotopic (exact) mass is 676 g/mol. The van der Waals surface area contributed by atoms with Gasteiger partial charge in [0.2, 0.25) is 20.0 Å². The summed E-state index contributed by atoms with van der Waals surface area (Å²) in [6.45, 7) is 8.56. The highest BCUT2D eigenvalue weighted by Gasteiger charge is 2.16. The maximum absolute atomic E-state index is 14.0. The van der Waals surface area contributed by atoms with Gasteiger partial charge in [0.05, 0.1) is 23.9 Å². The Morgan fingerprint density at radius 2 is 1.34 bits per heavy atom. The summed E-state index contributed by atoms with van der Waals surface area (Å²) in [5, 5.41) is 2.65. The van der Waals surface area contributed by atoms with Crippen LogP contribution in [0.25, 0.3) is 0 Å². The number of carbonyl (C=O) groups is 1. The first-order valence-electron chi connectivity index (χ1n) is 13.0. The van der Waals surface area contributed by atoms with E-state index in [2.05, 4.69) is 35.5 Å². The molecule has 0 atom stereocenters. The van der Waals surface area contributed by atoms with Crippen molar-refractivity contribution in [1.82, 2.24) is 5.32 Å². The Bertz CT molecular complexity index is 1660. The van der Waals surface area contributed by atoms with E-state index in [4.69, 9.17) is 10.5 Å². The predicted molar refractivity (Wildman–Crippen MR) is 172 cm³/mol. The standard InChI is InChI=1S/C21H27FN2O4S.C8H11FN2O2S.ClH/c1-14-10-16(7-8-17(14)21(2,3)4)28-13-20(25)23-12-15-6-9-19(18(22)11-15)24-29(5,26)27;1-14(12,13)11-8-3-2-6(5-10)4-7(8)9;/h6-11,24H,12-13H2,1-5H3,(H,23,25);2-4,11H,5,10H2,1H3;1H. The SMILES string of the molecule is CS(=O)(=O)Nc1ccc(CN)cc1F.Cc1cc(OCC(=O)NCc2ccc(NS(C)(=O)=O)c(F)c2)ccc1C(C)(C)C.Cl. The van der Waals surface area contributed by atoms with Crippen LogP contribution >= 0.6 is 12.4 Å². The summed E-state index contributed by atoms with van der Waals surface area (Å²) in [6, 6.07) is 13.9. The summed E-state index contributed by atoms with van der Waals surface area (Å²) in [6.07, 6.45) is 1.90. The molecule has 0 saturated heterocycles. The highest BCUT2D eigenvalue weighted by atomic mass is 35.5. The van der Waals surface area contributed by atoms with Gasteiger partial charge in [0.1, 0.15) is 17.4 Å². The number of ether oxygens (including phenoxy) is 1. The Morgan fingerprint density at radius 1 is 0.841 bits per heavy atom. The van der Waals surface area contributed by atoms with Crippen molar-refractivity contribution in [3.8, 4) is 5.75 Å². The first-order valence-corrected chi connectivity index (χ1v) is 16.8. The van der Waals surface area contributed by atoms with Crippen molar-refractivity contribution in [1.29, 1.82) is 0 Å². The first kappa shape index (κ1) is 38.6. The third-order valence-corrected chi connectivity index (χ3v) is 6.94. The summed E-state index contributed by atoms with van der Waals surface area (Å²) in [4.78, 5) is 12.0. The molecule has 0 aromatic heterocycles. The highest BCUT2D eigenvalue weighted by molar-refractivity contribution is 7.92. The molecule has 0 spiro atoms. The summed E-state index contributed by atoms with van der Waals surface area (Å²) < 4.78 is 80.8. The van der Waals surface area contributed by atoms with Crippen molar-refractivity contribution in [2.24, 2.45) is 5.73 Å². The predicted octanol–water partition coefficient (Wildman–Crippen LogP) is 4.58. The van der Waals surface area contributed by atoms with E-state index < -0.39 is 31.7 Å². The van der Waals surface area contributed by atoms with E-state index in [1.807, 2.05) is 25.1 Å². The third kappa shape index (κ3) is 13.5. The van der Waals surface area contributed by atoms with Crippen LogP contribution in [0.3, 0.4) is 0 Å². The van der Waals surface area contributed by atoms with Gasteiger partial charge in [0, 0.05) is 13.1 Å². The second-order valence-electron chi connectivity index (χ2n) is 10.9. The molecular weight excluding hydrogens is 638 g/mol. The number of nitrogens with two attached hydrogens (primary N) is 1. The molecule has 0 saturated carbocycles. The van der Waals surface area contributed by atoms with Crippen molar-refractivity contribution < 1.29 is 35.1 Å². The fourth-order valence-corrected chi connectivity index (χ4v) is 5.02. The second kappa shape index (κ2) is 16.0. The summed E-state index contributed by atoms with van der Waals surface area (Å²) in [5.74, 6) is -1.08. The number of amides is 1. The van der Waals surface area contributed by atoms with E-state index in [1.54, 1.807) is 6.07 Å². The van der Waals surface area contributed by atoms with Gasteiger partial charge in [0.15, 0.2) is 6.61 Å². The number of aryl methyl sites for hydroxylation is 1. The van der Waals surface area contributed by atoms with Gasteiger partial charge in [-0.1, -0.05) is 39.0 Å². The van der Waals surface area contributed by atoms with Crippen molar-refractivity contribution in [2.45, 2.75) is 46.2 Å². The number of hydrogen-bond donors (Lipinski definition) is 4. The van der Waals surface area contributed by atoms with E-state index in [9.17, 15) is 30.4 Å². The lowest BCUT2D eigenvalue weighted by Gasteiger charge is -2.22. The minimum Gasteiger partial charge on any atom is -0.484 e. The van der Waals surface area contributed by atoms with E-state index >= 15 is 0 Å². The van der Waals surface area contributed by atoms with Crippen molar-refractivity contribution >= 4 is 49.7 Å². The molecule has 10 nitrogen and oxygen atoms in total. The molecule has 244 valence electrons. The normalized spacial score (nSPS) is 11.4. The molecular formula is C29H39ClF2N4O6S2. The van der Waals surface area contributed by atoms with Gasteiger partial charge in [-0.05, 0) is 71.0 Å². The molecule has 0 fully saturated rings. The lowest BCUT2D eigenvalue weighted by molar-refractivity contribution is -0.123. The molecule has 5 N–H and O–H groups in total. The lowest BCUT2D eigenvalue weighted by Crippen LogP contribution is -2.28. The van der Waals surface area contributed by atoms with Crippen LogP contribution < -0.4 is 25.2 Å². The van der Waals surface area contributed by atoms with Gasteiger partial charge in [-0.15, -0.1) is 12.4 Å². The number of benzene rings is 3. The molecule has 3 aromatic carbocycles. The molecule has 0 radical (unpaired) electrons. The van der Waals surface area contributed by atoms with E-state index in [0.717, 1.165) is 18.1 Å². The average molecular weight is 677 g/mol. The van der Waals surface area contributed by atoms with Crippen molar-refractivity contribution in [3.63, 3.8) is 0 Å². The Kier molecular flexibility index (Phi) is 14.0. The number of nitrogens with one attached hydrogen (secondary N) is 3. The van der Waals surface area contributed by atoms with E-state index in [0.29, 0.717) is 16.9 Å². The zero-order chi connectivity index (χ0) is 32.6. The Morgan fingerprint density at radius 3 is 1.77 bits per heavy atom. The zero-order valence-corrected chi connectivity index (χ0v) is 27.8. The fourth-order valence-electron chi connectivity index (χ4n) is 3.89. The Hall–Kier alpha value is -3.46. The van der Waals surface area contributed by atoms with Crippen LogP contribution in [0.4, 0.5) is 20.2 Å². The Labute approximate surface area is 264 Å². The average Bonchev–Trinajstić information content (AvgIpc) is 2.87. The topological polar surface area (TPSA) is 157 Å². The number of carbonyl (C=O) groups excluding carboxylic acids is 1. The molecule has 0 heterocycles. The van der Waals surface area contributed by atoms with Crippen molar-refractivity contribution in [3.05, 3.63) is 88.5 Å². The second-order valence-corrected chi connectivity index (χ2v) is 14.4. The minimum absolute atomic E-state index is 0.